The number of anilines is 2. The van der Waals surface area contributed by atoms with Crippen LogP contribution in [0.5, 0.6) is 0 Å². The minimum atomic E-state index is -0.930. The molecule has 0 amide bonds. The first-order chi connectivity index (χ1) is 9.02. The molecule has 1 heterocycles. The van der Waals surface area contributed by atoms with Crippen LogP contribution in [0, 0.1) is 10.1 Å². The second-order valence-electron chi connectivity index (χ2n) is 4.55. The largest absolute Gasteiger partial charge is 0.386 e. The number of nitro groups is 1. The van der Waals surface area contributed by atoms with Crippen molar-refractivity contribution in [2.75, 3.05) is 30.5 Å². The Morgan fingerprint density at radius 1 is 1.47 bits per heavy atom. The fourth-order valence-corrected chi connectivity index (χ4v) is 1.90. The molecule has 0 spiro atoms. The van der Waals surface area contributed by atoms with Crippen molar-refractivity contribution in [3.63, 3.8) is 0 Å². The van der Waals surface area contributed by atoms with E-state index in [1.807, 2.05) is 0 Å². The van der Waals surface area contributed by atoms with Gasteiger partial charge in [-0.3, -0.25) is 16.0 Å². The van der Waals surface area contributed by atoms with E-state index in [1.54, 1.807) is 6.07 Å². The van der Waals surface area contributed by atoms with Gasteiger partial charge in [0.1, 0.15) is 5.60 Å². The number of hydrazine groups is 1. The van der Waals surface area contributed by atoms with Gasteiger partial charge >= 0.3 is 0 Å². The van der Waals surface area contributed by atoms with Gasteiger partial charge in [0.15, 0.2) is 0 Å². The van der Waals surface area contributed by atoms with Crippen molar-refractivity contribution in [2.24, 2.45) is 5.84 Å². The van der Waals surface area contributed by atoms with Crippen molar-refractivity contribution >= 4 is 17.1 Å². The van der Waals surface area contributed by atoms with Crippen LogP contribution in [0.2, 0.25) is 0 Å². The molecule has 8 heteroatoms. The minimum Gasteiger partial charge on any atom is -0.386 e. The van der Waals surface area contributed by atoms with Gasteiger partial charge in [-0.1, -0.05) is 0 Å². The quantitative estimate of drug-likeness (QED) is 0.347. The summed E-state index contributed by atoms with van der Waals surface area (Å²) < 4.78 is 5.12. The van der Waals surface area contributed by atoms with Crippen molar-refractivity contribution in [3.8, 4) is 0 Å². The maximum atomic E-state index is 10.8. The molecule has 0 saturated carbocycles. The van der Waals surface area contributed by atoms with Gasteiger partial charge in [-0.15, -0.1) is 0 Å². The number of nitrogens with two attached hydrogens (primary N) is 1. The number of benzene rings is 1. The average molecular weight is 268 g/mol. The van der Waals surface area contributed by atoms with E-state index < -0.39 is 10.5 Å². The fraction of sp³-hybridized carbons (Fsp3) is 0.455. The molecule has 8 nitrogen and oxygen atoms in total. The second-order valence-corrected chi connectivity index (χ2v) is 4.55. The van der Waals surface area contributed by atoms with Gasteiger partial charge in [0.2, 0.25) is 0 Å². The molecule has 104 valence electrons. The molecule has 19 heavy (non-hydrogen) atoms. The molecular formula is C11H16N4O4. The fourth-order valence-electron chi connectivity index (χ4n) is 1.90. The Labute approximate surface area is 109 Å². The Morgan fingerprint density at radius 3 is 2.79 bits per heavy atom. The van der Waals surface area contributed by atoms with E-state index in [-0.39, 0.29) is 18.8 Å². The molecule has 1 aromatic carbocycles. The van der Waals surface area contributed by atoms with E-state index in [0.717, 1.165) is 0 Å². The Kier molecular flexibility index (Phi) is 3.84. The predicted octanol–water partition coefficient (Wildman–Crippen LogP) is 0.444. The number of nitrogen functional groups attached to an aromatic ring is 1. The molecule has 5 N–H and O–H groups in total. The Morgan fingerprint density at radius 2 is 2.21 bits per heavy atom. The number of nitro benzene ring substituents is 1. The topological polar surface area (TPSA) is 123 Å². The van der Waals surface area contributed by atoms with Crippen LogP contribution in [-0.4, -0.2) is 35.4 Å². The highest BCUT2D eigenvalue weighted by Gasteiger charge is 2.32. The maximum Gasteiger partial charge on any atom is 0.273 e. The number of nitrogens with zero attached hydrogens (tertiary/aromatic N) is 1. The van der Waals surface area contributed by atoms with E-state index >= 15 is 0 Å². The van der Waals surface area contributed by atoms with Crippen LogP contribution in [0.15, 0.2) is 18.2 Å². The lowest BCUT2D eigenvalue weighted by molar-refractivity contribution is -0.384. The van der Waals surface area contributed by atoms with Gasteiger partial charge in [0.05, 0.1) is 17.2 Å². The van der Waals surface area contributed by atoms with Gasteiger partial charge < -0.3 is 20.6 Å². The van der Waals surface area contributed by atoms with Crippen molar-refractivity contribution in [3.05, 3.63) is 28.3 Å². The molecule has 1 saturated heterocycles. The zero-order valence-corrected chi connectivity index (χ0v) is 10.3. The monoisotopic (exact) mass is 268 g/mol. The van der Waals surface area contributed by atoms with E-state index in [1.165, 1.54) is 12.1 Å². The van der Waals surface area contributed by atoms with Gasteiger partial charge in [-0.25, -0.2) is 0 Å². The minimum absolute atomic E-state index is 0.0763. The van der Waals surface area contributed by atoms with Crippen molar-refractivity contribution in [1.82, 2.24) is 0 Å². The first kappa shape index (κ1) is 13.5. The summed E-state index contributed by atoms with van der Waals surface area (Å²) in [6.07, 6.45) is 0.539. The summed E-state index contributed by atoms with van der Waals surface area (Å²) in [5.74, 6) is 5.26. The van der Waals surface area contributed by atoms with Crippen LogP contribution < -0.4 is 16.6 Å². The van der Waals surface area contributed by atoms with Crippen molar-refractivity contribution < 1.29 is 14.8 Å². The molecule has 0 aromatic heterocycles. The molecule has 1 aliphatic rings. The van der Waals surface area contributed by atoms with Crippen LogP contribution in [-0.2, 0) is 4.74 Å². The highest BCUT2D eigenvalue weighted by Crippen LogP contribution is 2.25. The van der Waals surface area contributed by atoms with Crippen LogP contribution in [0.1, 0.15) is 6.42 Å². The first-order valence-corrected chi connectivity index (χ1v) is 5.82. The standard InChI is InChI=1S/C11H16N4O4/c12-14-9-3-8(4-10(5-9)15(17)18)13-6-11(16)1-2-19-7-11/h3-5,13-14,16H,1-2,6-7,12H2. The van der Waals surface area contributed by atoms with E-state index in [4.69, 9.17) is 10.6 Å². The zero-order valence-electron chi connectivity index (χ0n) is 10.3. The van der Waals surface area contributed by atoms with Crippen LogP contribution in [0.25, 0.3) is 0 Å². The SMILES string of the molecule is NNc1cc(NCC2(O)CCOC2)cc([N+](=O)[O-])c1. The Hall–Kier alpha value is -1.90. The van der Waals surface area contributed by atoms with E-state index in [0.29, 0.717) is 24.4 Å². The van der Waals surface area contributed by atoms with Crippen LogP contribution >= 0.6 is 0 Å². The third kappa shape index (κ3) is 3.31. The molecule has 1 atom stereocenters. The summed E-state index contributed by atoms with van der Waals surface area (Å²) in [7, 11) is 0. The molecule has 0 aliphatic carbocycles. The van der Waals surface area contributed by atoms with E-state index in [9.17, 15) is 15.2 Å². The number of hydrogen-bond acceptors (Lipinski definition) is 7. The summed E-state index contributed by atoms with van der Waals surface area (Å²) in [5.41, 5.74) is 2.30. The van der Waals surface area contributed by atoms with Gasteiger partial charge in [0.25, 0.3) is 5.69 Å². The molecule has 2 rings (SSSR count). The number of non-ortho nitro benzene ring substituents is 1. The molecule has 1 unspecified atom stereocenters. The third-order valence-corrected chi connectivity index (χ3v) is 3.00. The Bertz CT molecular complexity index is 474. The second kappa shape index (κ2) is 5.39. The lowest BCUT2D eigenvalue weighted by Gasteiger charge is -2.21. The zero-order chi connectivity index (χ0) is 13.9. The molecule has 0 bridgehead atoms. The van der Waals surface area contributed by atoms with Crippen LogP contribution in [0.4, 0.5) is 17.1 Å². The summed E-state index contributed by atoms with van der Waals surface area (Å²) in [4.78, 5) is 10.3. The van der Waals surface area contributed by atoms with Gasteiger partial charge in [0, 0.05) is 37.4 Å². The molecule has 1 aliphatic heterocycles. The number of ether oxygens (including phenoxy) is 1. The highest BCUT2D eigenvalue weighted by atomic mass is 16.6. The van der Waals surface area contributed by atoms with Crippen molar-refractivity contribution in [2.45, 2.75) is 12.0 Å². The smallest absolute Gasteiger partial charge is 0.273 e. The lowest BCUT2D eigenvalue weighted by atomic mass is 10.0. The van der Waals surface area contributed by atoms with Crippen LogP contribution in [0.3, 0.4) is 0 Å². The lowest BCUT2D eigenvalue weighted by Crippen LogP contribution is -2.37. The van der Waals surface area contributed by atoms with E-state index in [2.05, 4.69) is 10.7 Å². The van der Waals surface area contributed by atoms with Gasteiger partial charge in [-0.05, 0) is 6.07 Å². The summed E-state index contributed by atoms with van der Waals surface area (Å²) in [5, 5.41) is 23.8. The Balaban J connectivity index is 2.10. The van der Waals surface area contributed by atoms with Crippen molar-refractivity contribution in [1.29, 1.82) is 0 Å². The predicted molar refractivity (Wildman–Crippen MR) is 69.8 cm³/mol. The number of nitrogens with one attached hydrogen (secondary N) is 2. The average Bonchev–Trinajstić information content (AvgIpc) is 2.83. The third-order valence-electron chi connectivity index (χ3n) is 3.00. The number of hydrogen-bond donors (Lipinski definition) is 4. The first-order valence-electron chi connectivity index (χ1n) is 5.82. The molecule has 1 aromatic rings. The summed E-state index contributed by atoms with van der Waals surface area (Å²) in [6.45, 7) is 1.04. The summed E-state index contributed by atoms with van der Waals surface area (Å²) in [6, 6.07) is 4.35. The molecule has 1 fully saturated rings. The van der Waals surface area contributed by atoms with Gasteiger partial charge in [-0.2, -0.15) is 0 Å². The molecular weight excluding hydrogens is 252 g/mol. The molecule has 0 radical (unpaired) electrons. The number of rotatable bonds is 5. The maximum absolute atomic E-state index is 10.8. The number of aliphatic hydroxyl groups is 1. The normalized spacial score (nSPS) is 22.2. The highest BCUT2D eigenvalue weighted by molar-refractivity contribution is 5.63. The summed E-state index contributed by atoms with van der Waals surface area (Å²) >= 11 is 0.